The summed E-state index contributed by atoms with van der Waals surface area (Å²) in [5.41, 5.74) is 5.33. The lowest BCUT2D eigenvalue weighted by atomic mass is 10.0. The first-order valence-electron chi connectivity index (χ1n) is 24.1. The third-order valence-electron chi connectivity index (χ3n) is 10.1. The molecule has 0 amide bonds. The minimum absolute atomic E-state index is 0.0872. The molecule has 12 nitrogen and oxygen atoms in total. The molecule has 0 aromatic rings. The molecule has 0 saturated carbocycles. The van der Waals surface area contributed by atoms with Gasteiger partial charge < -0.3 is 30.3 Å². The first-order valence-corrected chi connectivity index (χ1v) is 25.6. The Kier molecular flexibility index (Phi) is 41.9. The van der Waals surface area contributed by atoms with Crippen LogP contribution in [0, 0.1) is 0 Å². The molecule has 0 rings (SSSR count). The van der Waals surface area contributed by atoms with Gasteiger partial charge in [0.2, 0.25) is 0 Å². The van der Waals surface area contributed by atoms with E-state index in [1.54, 1.807) is 12.2 Å². The van der Waals surface area contributed by atoms with E-state index in [9.17, 15) is 28.9 Å². The molecule has 0 spiro atoms. The van der Waals surface area contributed by atoms with Crippen molar-refractivity contribution in [2.24, 2.45) is 5.73 Å². The first kappa shape index (κ1) is 59.9. The summed E-state index contributed by atoms with van der Waals surface area (Å²) in [4.78, 5) is 46.1. The quantitative estimate of drug-likeness (QED) is 0.0149. The normalized spacial score (nSPS) is 14.7. The van der Waals surface area contributed by atoms with Crippen LogP contribution in [0.5, 0.6) is 0 Å². The summed E-state index contributed by atoms with van der Waals surface area (Å²) in [6, 6.07) is -1.56. The number of carbonyl (C=O) groups is 3. The van der Waals surface area contributed by atoms with E-state index < -0.39 is 63.8 Å². The van der Waals surface area contributed by atoms with E-state index >= 15 is 0 Å². The van der Waals surface area contributed by atoms with Gasteiger partial charge in [-0.2, -0.15) is 0 Å². The van der Waals surface area contributed by atoms with Crippen LogP contribution >= 0.6 is 7.82 Å². The number of rotatable bonds is 44. The molecule has 0 heterocycles. The van der Waals surface area contributed by atoms with E-state index in [-0.39, 0.29) is 19.3 Å². The lowest BCUT2D eigenvalue weighted by Crippen LogP contribution is -2.34. The van der Waals surface area contributed by atoms with Crippen LogP contribution in [0.4, 0.5) is 0 Å². The number of esters is 2. The molecule has 0 aromatic heterocycles. The molecule has 0 radical (unpaired) electrons. The van der Waals surface area contributed by atoms with Crippen LogP contribution in [-0.4, -0.2) is 71.1 Å². The second kappa shape index (κ2) is 44.1. The Labute approximate surface area is 381 Å². The maximum absolute atomic E-state index is 12.7. The smallest absolute Gasteiger partial charge is 0.472 e. The van der Waals surface area contributed by atoms with Crippen molar-refractivity contribution in [3.8, 4) is 0 Å². The molecule has 4 atom stereocenters. The van der Waals surface area contributed by atoms with Gasteiger partial charge in [0.25, 0.3) is 0 Å². The Morgan fingerprint density at radius 2 is 1.02 bits per heavy atom. The van der Waals surface area contributed by atoms with E-state index in [1.807, 2.05) is 12.2 Å². The maximum atomic E-state index is 12.7. The van der Waals surface area contributed by atoms with Gasteiger partial charge in [0.15, 0.2) is 6.10 Å². The maximum Gasteiger partial charge on any atom is 0.472 e. The Morgan fingerprint density at radius 3 is 1.49 bits per heavy atom. The summed E-state index contributed by atoms with van der Waals surface area (Å²) in [6.45, 7) is 2.46. The third-order valence-corrected chi connectivity index (χ3v) is 11.0. The van der Waals surface area contributed by atoms with Crippen LogP contribution in [0.2, 0.25) is 0 Å². The zero-order valence-corrected chi connectivity index (χ0v) is 39.9. The number of phosphoric acid groups is 1. The lowest BCUT2D eigenvalue weighted by molar-refractivity contribution is -0.161. The second-order valence-corrected chi connectivity index (χ2v) is 17.5. The number of carboxylic acid groups (broad SMARTS) is 1. The number of phosphoric ester groups is 1. The van der Waals surface area contributed by atoms with Crippen LogP contribution in [0.15, 0.2) is 72.9 Å². The predicted octanol–water partition coefficient (Wildman–Crippen LogP) is 12.3. The van der Waals surface area contributed by atoms with Crippen LogP contribution in [0.25, 0.3) is 0 Å². The van der Waals surface area contributed by atoms with Crippen LogP contribution in [0.1, 0.15) is 187 Å². The predicted molar refractivity (Wildman–Crippen MR) is 255 cm³/mol. The molecule has 0 saturated heterocycles. The largest absolute Gasteiger partial charge is 0.480 e. The van der Waals surface area contributed by atoms with Crippen molar-refractivity contribution in [2.45, 2.75) is 205 Å². The zero-order chi connectivity index (χ0) is 46.5. The first-order chi connectivity index (χ1) is 30.5. The zero-order valence-electron chi connectivity index (χ0n) is 39.0. The SMILES string of the molecule is CC/C=C\C/C=C\C/C=C\C/C=C\C/C=C\C=C/C(O)CCC(=O)OC[C@H](COP(=O)(O)OC[C@H](N)C(=O)O)OC(=O)CCCCCCCCCCCCCCCCCCCCC. The van der Waals surface area contributed by atoms with Crippen LogP contribution in [0.3, 0.4) is 0 Å². The summed E-state index contributed by atoms with van der Waals surface area (Å²) in [5.74, 6) is -2.69. The van der Waals surface area contributed by atoms with Crippen molar-refractivity contribution in [1.29, 1.82) is 0 Å². The van der Waals surface area contributed by atoms with Crippen LogP contribution < -0.4 is 5.73 Å². The number of ether oxygens (including phenoxy) is 2. The molecule has 0 aliphatic carbocycles. The van der Waals surface area contributed by atoms with Gasteiger partial charge in [0, 0.05) is 12.8 Å². The number of carbonyl (C=O) groups excluding carboxylic acids is 2. The minimum atomic E-state index is -4.78. The van der Waals surface area contributed by atoms with E-state index in [2.05, 4.69) is 67.0 Å². The number of carboxylic acids is 1. The summed E-state index contributed by atoms with van der Waals surface area (Å²) < 4.78 is 32.6. The average Bonchev–Trinajstić information content (AvgIpc) is 3.26. The van der Waals surface area contributed by atoms with Crippen molar-refractivity contribution in [3.63, 3.8) is 0 Å². The number of hydrogen-bond donors (Lipinski definition) is 4. The monoisotopic (exact) mass is 908 g/mol. The van der Waals surface area contributed by atoms with Crippen molar-refractivity contribution in [3.05, 3.63) is 72.9 Å². The summed E-state index contributed by atoms with van der Waals surface area (Å²) in [5, 5.41) is 19.2. The molecule has 5 N–H and O–H groups in total. The number of allylic oxidation sites excluding steroid dienone is 11. The molecular weight excluding hydrogens is 822 g/mol. The molecule has 0 aliphatic heterocycles. The Hall–Kier alpha value is -3.12. The van der Waals surface area contributed by atoms with Gasteiger partial charge >= 0.3 is 25.7 Å². The van der Waals surface area contributed by atoms with E-state index in [4.69, 9.17) is 24.8 Å². The fraction of sp³-hybridized carbons (Fsp3) is 0.700. The molecule has 362 valence electrons. The van der Waals surface area contributed by atoms with Crippen molar-refractivity contribution in [1.82, 2.24) is 0 Å². The van der Waals surface area contributed by atoms with Gasteiger partial charge in [-0.15, -0.1) is 0 Å². The van der Waals surface area contributed by atoms with Crippen LogP contribution in [-0.2, 0) is 37.5 Å². The van der Waals surface area contributed by atoms with Gasteiger partial charge in [-0.25, -0.2) is 4.57 Å². The molecule has 0 aliphatic rings. The summed E-state index contributed by atoms with van der Waals surface area (Å²) in [6.07, 6.45) is 50.1. The van der Waals surface area contributed by atoms with Crippen molar-refractivity contribution < 1.29 is 52.6 Å². The van der Waals surface area contributed by atoms with Gasteiger partial charge in [-0.3, -0.25) is 23.4 Å². The standard InChI is InChI=1S/C50H86NO11P/c1-3-5-7-9-11-13-15-17-19-21-22-23-25-27-29-31-33-35-37-39-49(54)62-46(43-60-63(57,58)61-44-47(51)50(55)56)42-59-48(53)41-40-45(52)38-36-34-32-30-28-26-24-20-18-16-14-12-10-8-6-4-2/h6,8,12,14,18,20,26,28,32,34,36,38,45-47,52H,3-5,7,9-11,13,15-17,19,21-25,27,29-31,33,35,37,39-44,51H2,1-2H3,(H,55,56)(H,57,58)/b8-6-,14-12-,20-18-,28-26-,34-32-,38-36-/t45?,46-,47+/m1/s1. The molecule has 0 aromatic carbocycles. The number of aliphatic hydroxyl groups excluding tert-OH is 1. The van der Waals surface area contributed by atoms with Gasteiger partial charge in [-0.1, -0.05) is 202 Å². The minimum Gasteiger partial charge on any atom is -0.480 e. The number of unbranched alkanes of at least 4 members (excludes halogenated alkanes) is 18. The van der Waals surface area contributed by atoms with E-state index in [1.165, 1.54) is 96.3 Å². The highest BCUT2D eigenvalue weighted by Gasteiger charge is 2.28. The topological polar surface area (TPSA) is 192 Å². The Bertz CT molecular complexity index is 1360. The fourth-order valence-electron chi connectivity index (χ4n) is 6.29. The number of aliphatic hydroxyl groups is 1. The second-order valence-electron chi connectivity index (χ2n) is 16.1. The number of aliphatic carboxylic acids is 1. The van der Waals surface area contributed by atoms with Gasteiger partial charge in [-0.05, 0) is 44.9 Å². The molecular formula is C50H86NO11P. The fourth-order valence-corrected chi connectivity index (χ4v) is 7.07. The highest BCUT2D eigenvalue weighted by Crippen LogP contribution is 2.43. The molecule has 2 unspecified atom stereocenters. The summed E-state index contributed by atoms with van der Waals surface area (Å²) >= 11 is 0. The number of hydrogen-bond acceptors (Lipinski definition) is 10. The van der Waals surface area contributed by atoms with Crippen molar-refractivity contribution in [2.75, 3.05) is 19.8 Å². The highest BCUT2D eigenvalue weighted by molar-refractivity contribution is 7.47. The lowest BCUT2D eigenvalue weighted by Gasteiger charge is -2.20. The van der Waals surface area contributed by atoms with Gasteiger partial charge in [0.1, 0.15) is 12.6 Å². The summed E-state index contributed by atoms with van der Waals surface area (Å²) in [7, 11) is -4.78. The molecule has 13 heteroatoms. The highest BCUT2D eigenvalue weighted by atomic mass is 31.2. The Morgan fingerprint density at radius 1 is 0.571 bits per heavy atom. The van der Waals surface area contributed by atoms with E-state index in [0.717, 1.165) is 51.4 Å². The third kappa shape index (κ3) is 43.9. The molecule has 0 fully saturated rings. The van der Waals surface area contributed by atoms with Gasteiger partial charge in [0.05, 0.1) is 19.3 Å². The average molecular weight is 908 g/mol. The molecule has 0 bridgehead atoms. The number of nitrogens with two attached hydrogens (primary N) is 1. The Balaban J connectivity index is 4.50. The van der Waals surface area contributed by atoms with E-state index in [0.29, 0.717) is 6.42 Å². The van der Waals surface area contributed by atoms with Crippen molar-refractivity contribution >= 4 is 25.7 Å². The molecule has 63 heavy (non-hydrogen) atoms.